The highest BCUT2D eigenvalue weighted by Crippen LogP contribution is 2.08. The molecule has 0 saturated heterocycles. The van der Waals surface area contributed by atoms with E-state index in [0.29, 0.717) is 6.42 Å². The quantitative estimate of drug-likeness (QED) is 0.255. The molecule has 0 aromatic rings. The predicted molar refractivity (Wildman–Crippen MR) is 96.2 cm³/mol. The molecule has 0 fully saturated rings. The van der Waals surface area contributed by atoms with Crippen molar-refractivity contribution in [3.63, 3.8) is 0 Å². The number of carboxylic acids is 1. The molecule has 1 N–H and O–H groups in total. The monoisotopic (exact) mass is 308 g/mol. The van der Waals surface area contributed by atoms with Gasteiger partial charge in [-0.25, -0.2) is 0 Å². The lowest BCUT2D eigenvalue weighted by Crippen LogP contribution is -1.93. The van der Waals surface area contributed by atoms with Gasteiger partial charge in [-0.05, 0) is 38.5 Å². The maximum absolute atomic E-state index is 10.3. The van der Waals surface area contributed by atoms with Crippen molar-refractivity contribution >= 4 is 5.97 Å². The van der Waals surface area contributed by atoms with Gasteiger partial charge in [-0.3, -0.25) is 4.79 Å². The fourth-order valence-corrected chi connectivity index (χ4v) is 2.44. The lowest BCUT2D eigenvalue weighted by molar-refractivity contribution is -0.137. The third kappa shape index (κ3) is 18.9. The van der Waals surface area contributed by atoms with Gasteiger partial charge in [-0.2, -0.15) is 0 Å². The molecular formula is C20H36O2. The summed E-state index contributed by atoms with van der Waals surface area (Å²) in [4.78, 5) is 10.3. The number of hydrogen-bond acceptors (Lipinski definition) is 1. The Morgan fingerprint density at radius 2 is 1.23 bits per heavy atom. The van der Waals surface area contributed by atoms with Gasteiger partial charge in [-0.15, -0.1) is 0 Å². The average Bonchev–Trinajstić information content (AvgIpc) is 2.50. The van der Waals surface area contributed by atoms with Crippen molar-refractivity contribution in [1.82, 2.24) is 0 Å². The fraction of sp³-hybridized carbons (Fsp3) is 0.750. The fourth-order valence-electron chi connectivity index (χ4n) is 2.44. The minimum Gasteiger partial charge on any atom is -0.481 e. The first-order valence-electron chi connectivity index (χ1n) is 9.29. The number of carbonyl (C=O) groups is 1. The highest BCUT2D eigenvalue weighted by Gasteiger charge is 1.95. The van der Waals surface area contributed by atoms with E-state index in [0.717, 1.165) is 25.7 Å². The van der Waals surface area contributed by atoms with Gasteiger partial charge in [0.05, 0.1) is 0 Å². The number of allylic oxidation sites excluding steroid dienone is 4. The average molecular weight is 309 g/mol. The molecule has 0 atom stereocenters. The first kappa shape index (κ1) is 20.9. The molecule has 0 aromatic carbocycles. The first-order chi connectivity index (χ1) is 10.8. The van der Waals surface area contributed by atoms with Crippen molar-refractivity contribution in [2.75, 3.05) is 0 Å². The van der Waals surface area contributed by atoms with Gasteiger partial charge in [0.15, 0.2) is 0 Å². The van der Waals surface area contributed by atoms with Gasteiger partial charge in [-0.1, -0.05) is 76.2 Å². The Balaban J connectivity index is 3.18. The highest BCUT2D eigenvalue weighted by molar-refractivity contribution is 5.66. The molecule has 2 heteroatoms. The number of unbranched alkanes of at least 4 members (excludes halogenated alkanes) is 10. The zero-order chi connectivity index (χ0) is 16.3. The minimum absolute atomic E-state index is 0.324. The van der Waals surface area contributed by atoms with Gasteiger partial charge >= 0.3 is 5.97 Å². The normalized spacial score (nSPS) is 11.7. The molecule has 0 unspecified atom stereocenters. The number of aliphatic carboxylic acids is 1. The summed E-state index contributed by atoms with van der Waals surface area (Å²) >= 11 is 0. The Morgan fingerprint density at radius 1 is 0.727 bits per heavy atom. The van der Waals surface area contributed by atoms with Gasteiger partial charge in [0, 0.05) is 6.42 Å². The molecule has 0 aliphatic rings. The lowest BCUT2D eigenvalue weighted by atomic mass is 10.1. The molecule has 2 nitrogen and oxygen atoms in total. The van der Waals surface area contributed by atoms with Crippen LogP contribution in [-0.4, -0.2) is 11.1 Å². The van der Waals surface area contributed by atoms with Crippen molar-refractivity contribution in [2.24, 2.45) is 0 Å². The molecule has 0 rings (SSSR count). The Labute approximate surface area is 137 Å². The van der Waals surface area contributed by atoms with E-state index in [4.69, 9.17) is 5.11 Å². The van der Waals surface area contributed by atoms with Gasteiger partial charge in [0.1, 0.15) is 0 Å². The van der Waals surface area contributed by atoms with E-state index in [1.165, 1.54) is 57.8 Å². The summed E-state index contributed by atoms with van der Waals surface area (Å²) in [5.74, 6) is -0.669. The van der Waals surface area contributed by atoms with Gasteiger partial charge < -0.3 is 5.11 Å². The molecule has 0 radical (unpaired) electrons. The molecule has 0 aromatic heterocycles. The van der Waals surface area contributed by atoms with Crippen LogP contribution >= 0.6 is 0 Å². The smallest absolute Gasteiger partial charge is 0.303 e. The van der Waals surface area contributed by atoms with Crippen LogP contribution in [0.25, 0.3) is 0 Å². The molecule has 0 aliphatic heterocycles. The van der Waals surface area contributed by atoms with Crippen LogP contribution < -0.4 is 0 Å². The standard InChI is InChI=1S/C20H36O2/c1-2-3-4-5-6-7-8-9-10-11-12-13-14-15-16-17-18-19-20(21)22/h8-9,11-12H,2-7,10,13-19H2,1H3,(H,21,22)/b9-8+,12-11-. The summed E-state index contributed by atoms with van der Waals surface area (Å²) in [6, 6.07) is 0. The third-order valence-corrected chi connectivity index (χ3v) is 3.84. The molecule has 128 valence electrons. The maximum Gasteiger partial charge on any atom is 0.303 e. The van der Waals surface area contributed by atoms with Crippen LogP contribution in [0.2, 0.25) is 0 Å². The molecular weight excluding hydrogens is 272 g/mol. The van der Waals surface area contributed by atoms with Crippen molar-refractivity contribution in [2.45, 2.75) is 96.8 Å². The van der Waals surface area contributed by atoms with Crippen LogP contribution in [0.4, 0.5) is 0 Å². The summed E-state index contributed by atoms with van der Waals surface area (Å²) in [5, 5.41) is 8.52. The van der Waals surface area contributed by atoms with Gasteiger partial charge in [0.25, 0.3) is 0 Å². The molecule has 0 spiro atoms. The molecule has 0 saturated carbocycles. The second-order valence-corrected chi connectivity index (χ2v) is 6.08. The van der Waals surface area contributed by atoms with Gasteiger partial charge in [0.2, 0.25) is 0 Å². The number of carboxylic acid groups (broad SMARTS) is 1. The summed E-state index contributed by atoms with van der Waals surface area (Å²) in [6.07, 6.45) is 25.2. The third-order valence-electron chi connectivity index (χ3n) is 3.84. The lowest BCUT2D eigenvalue weighted by Gasteiger charge is -1.98. The van der Waals surface area contributed by atoms with E-state index in [2.05, 4.69) is 31.2 Å². The van der Waals surface area contributed by atoms with E-state index in [-0.39, 0.29) is 0 Å². The Kier molecular flexibility index (Phi) is 17.1. The summed E-state index contributed by atoms with van der Waals surface area (Å²) < 4.78 is 0. The number of rotatable bonds is 16. The molecule has 0 bridgehead atoms. The second kappa shape index (κ2) is 18.0. The van der Waals surface area contributed by atoms with Crippen molar-refractivity contribution in [3.8, 4) is 0 Å². The molecule has 22 heavy (non-hydrogen) atoms. The largest absolute Gasteiger partial charge is 0.481 e. The first-order valence-corrected chi connectivity index (χ1v) is 9.29. The second-order valence-electron chi connectivity index (χ2n) is 6.08. The summed E-state index contributed by atoms with van der Waals surface area (Å²) in [7, 11) is 0. The molecule has 0 aliphatic carbocycles. The zero-order valence-corrected chi connectivity index (χ0v) is 14.6. The van der Waals surface area contributed by atoms with E-state index in [9.17, 15) is 4.79 Å². The highest BCUT2D eigenvalue weighted by atomic mass is 16.4. The van der Waals surface area contributed by atoms with Crippen molar-refractivity contribution < 1.29 is 9.90 Å². The van der Waals surface area contributed by atoms with E-state index >= 15 is 0 Å². The van der Waals surface area contributed by atoms with Crippen LogP contribution in [0.15, 0.2) is 24.3 Å². The zero-order valence-electron chi connectivity index (χ0n) is 14.6. The SMILES string of the molecule is CCCCCCC/C=C/C/C=C\CCCCCCCC(=O)O. The van der Waals surface area contributed by atoms with Crippen LogP contribution in [-0.2, 0) is 4.79 Å². The van der Waals surface area contributed by atoms with Crippen molar-refractivity contribution in [3.05, 3.63) is 24.3 Å². The van der Waals surface area contributed by atoms with Crippen LogP contribution in [0.3, 0.4) is 0 Å². The summed E-state index contributed by atoms with van der Waals surface area (Å²) in [6.45, 7) is 2.26. The predicted octanol–water partition coefficient (Wildman–Crippen LogP) is 6.66. The number of hydrogen-bond donors (Lipinski definition) is 1. The van der Waals surface area contributed by atoms with Crippen LogP contribution in [0, 0.1) is 0 Å². The Bertz CT molecular complexity index is 292. The van der Waals surface area contributed by atoms with E-state index in [1.54, 1.807) is 0 Å². The Hall–Kier alpha value is -1.05. The molecule has 0 heterocycles. The van der Waals surface area contributed by atoms with Crippen molar-refractivity contribution in [1.29, 1.82) is 0 Å². The molecule has 0 amide bonds. The minimum atomic E-state index is -0.669. The summed E-state index contributed by atoms with van der Waals surface area (Å²) in [5.41, 5.74) is 0. The topological polar surface area (TPSA) is 37.3 Å². The van der Waals surface area contributed by atoms with E-state index in [1.807, 2.05) is 0 Å². The van der Waals surface area contributed by atoms with E-state index < -0.39 is 5.97 Å². The maximum atomic E-state index is 10.3. The van der Waals surface area contributed by atoms with Crippen LogP contribution in [0.1, 0.15) is 96.8 Å². The Morgan fingerprint density at radius 3 is 1.77 bits per heavy atom. The van der Waals surface area contributed by atoms with Crippen LogP contribution in [0.5, 0.6) is 0 Å².